The van der Waals surface area contributed by atoms with Crippen LogP contribution in [0, 0.1) is 0 Å². The van der Waals surface area contributed by atoms with Crippen molar-refractivity contribution in [3.8, 4) is 5.75 Å². The summed E-state index contributed by atoms with van der Waals surface area (Å²) in [5.74, 6) is 0.469. The minimum Gasteiger partial charge on any atom is -0.497 e. The molecule has 0 aromatic heterocycles. The molecule has 4 nitrogen and oxygen atoms in total. The van der Waals surface area contributed by atoms with E-state index in [0.717, 1.165) is 11.3 Å². The lowest BCUT2D eigenvalue weighted by molar-refractivity contribution is -0.146. The molecular weight excluding hydrogens is 254 g/mol. The number of hydrogen-bond donors (Lipinski definition) is 0. The third kappa shape index (κ3) is 4.24. The fourth-order valence-corrected chi connectivity index (χ4v) is 1.90. The molecule has 0 aliphatic heterocycles. The number of benzene rings is 1. The Morgan fingerprint density at radius 3 is 2.50 bits per heavy atom. The number of methoxy groups -OCH3 is 2. The van der Waals surface area contributed by atoms with Crippen molar-refractivity contribution in [1.82, 2.24) is 4.90 Å². The smallest absolute Gasteiger partial charge is 0.327 e. The van der Waals surface area contributed by atoms with Crippen LogP contribution in [0.2, 0.25) is 0 Å². The molecule has 0 bridgehead atoms. The Balaban J connectivity index is 2.95. The highest BCUT2D eigenvalue weighted by atomic mass is 16.5. The summed E-state index contributed by atoms with van der Waals surface area (Å²) >= 11 is 0. The predicted octanol–water partition coefficient (Wildman–Crippen LogP) is 2.58. The molecule has 0 N–H and O–H groups in total. The van der Waals surface area contributed by atoms with Crippen molar-refractivity contribution in [3.63, 3.8) is 0 Å². The molecule has 1 unspecified atom stereocenters. The molecule has 20 heavy (non-hydrogen) atoms. The minimum atomic E-state index is -0.444. The summed E-state index contributed by atoms with van der Waals surface area (Å²) in [6.07, 6.45) is 5.49. The van der Waals surface area contributed by atoms with Gasteiger partial charge in [0, 0.05) is 6.54 Å². The van der Waals surface area contributed by atoms with Gasteiger partial charge in [0.05, 0.1) is 14.2 Å². The van der Waals surface area contributed by atoms with Gasteiger partial charge >= 0.3 is 5.97 Å². The van der Waals surface area contributed by atoms with Crippen LogP contribution in [-0.4, -0.2) is 38.7 Å². The first-order chi connectivity index (χ1) is 9.63. The fourth-order valence-electron chi connectivity index (χ4n) is 1.90. The lowest BCUT2D eigenvalue weighted by Crippen LogP contribution is -2.32. The van der Waals surface area contributed by atoms with Crippen molar-refractivity contribution in [2.45, 2.75) is 6.04 Å². The van der Waals surface area contributed by atoms with Gasteiger partial charge in [0.2, 0.25) is 0 Å². The third-order valence-electron chi connectivity index (χ3n) is 2.96. The highest BCUT2D eigenvalue weighted by Crippen LogP contribution is 2.23. The molecule has 0 heterocycles. The second-order valence-corrected chi connectivity index (χ2v) is 4.30. The Bertz CT molecular complexity index is 465. The van der Waals surface area contributed by atoms with E-state index in [0.29, 0.717) is 6.54 Å². The molecule has 0 aliphatic rings. The molecule has 0 saturated carbocycles. The summed E-state index contributed by atoms with van der Waals surface area (Å²) in [5.41, 5.74) is 0.868. The Morgan fingerprint density at radius 2 is 2.00 bits per heavy atom. The molecular formula is C16H21NO3. The number of hydrogen-bond acceptors (Lipinski definition) is 4. The quantitative estimate of drug-likeness (QED) is 0.566. The molecule has 1 rings (SSSR count). The monoisotopic (exact) mass is 275 g/mol. The summed E-state index contributed by atoms with van der Waals surface area (Å²) in [7, 11) is 4.88. The number of carbonyl (C=O) groups is 1. The summed E-state index contributed by atoms with van der Waals surface area (Å²) < 4.78 is 10.0. The number of carbonyl (C=O) groups excluding carboxylic acids is 1. The van der Waals surface area contributed by atoms with Gasteiger partial charge in [-0.3, -0.25) is 4.90 Å². The van der Waals surface area contributed by atoms with Gasteiger partial charge in [0.25, 0.3) is 0 Å². The molecule has 0 radical (unpaired) electrons. The molecule has 0 saturated heterocycles. The topological polar surface area (TPSA) is 38.8 Å². The second-order valence-electron chi connectivity index (χ2n) is 4.30. The SMILES string of the molecule is C=C/C=C/CN(C)C(C(=O)OC)c1ccc(OC)cc1. The van der Waals surface area contributed by atoms with Crippen LogP contribution in [0.25, 0.3) is 0 Å². The lowest BCUT2D eigenvalue weighted by atomic mass is 10.1. The Kier molecular flexibility index (Phi) is 6.53. The standard InChI is InChI=1S/C16H21NO3/c1-5-6-7-12-17(2)15(16(18)20-4)13-8-10-14(19-3)11-9-13/h5-11,15H,1,12H2,2-4H3/b7-6+. The van der Waals surface area contributed by atoms with E-state index >= 15 is 0 Å². The first-order valence-corrected chi connectivity index (χ1v) is 6.33. The normalized spacial score (nSPS) is 12.4. The summed E-state index contributed by atoms with van der Waals surface area (Å²) in [6, 6.07) is 6.96. The lowest BCUT2D eigenvalue weighted by Gasteiger charge is -2.25. The molecule has 4 heteroatoms. The molecule has 0 amide bonds. The zero-order chi connectivity index (χ0) is 15.0. The van der Waals surface area contributed by atoms with Crippen LogP contribution in [0.1, 0.15) is 11.6 Å². The van der Waals surface area contributed by atoms with Crippen molar-refractivity contribution < 1.29 is 14.3 Å². The van der Waals surface area contributed by atoms with Crippen molar-refractivity contribution in [2.75, 3.05) is 27.8 Å². The molecule has 0 fully saturated rings. The van der Waals surface area contributed by atoms with E-state index in [1.54, 1.807) is 13.2 Å². The summed E-state index contributed by atoms with van der Waals surface area (Å²) in [4.78, 5) is 13.9. The van der Waals surface area contributed by atoms with Crippen molar-refractivity contribution in [2.24, 2.45) is 0 Å². The number of likely N-dealkylation sites (N-methyl/N-ethyl adjacent to an activating group) is 1. The largest absolute Gasteiger partial charge is 0.497 e. The predicted molar refractivity (Wildman–Crippen MR) is 79.7 cm³/mol. The van der Waals surface area contributed by atoms with Gasteiger partial charge in [-0.1, -0.05) is 36.9 Å². The van der Waals surface area contributed by atoms with Crippen LogP contribution in [0.5, 0.6) is 5.75 Å². The Hall–Kier alpha value is -2.07. The number of nitrogens with zero attached hydrogens (tertiary/aromatic N) is 1. The Morgan fingerprint density at radius 1 is 1.35 bits per heavy atom. The van der Waals surface area contributed by atoms with Gasteiger partial charge in [0.1, 0.15) is 11.8 Å². The molecule has 108 valence electrons. The average Bonchev–Trinajstić information content (AvgIpc) is 2.48. The average molecular weight is 275 g/mol. The van der Waals surface area contributed by atoms with E-state index in [1.165, 1.54) is 7.11 Å². The molecule has 0 spiro atoms. The third-order valence-corrected chi connectivity index (χ3v) is 2.96. The van der Waals surface area contributed by atoms with E-state index < -0.39 is 6.04 Å². The highest BCUT2D eigenvalue weighted by molar-refractivity contribution is 5.77. The van der Waals surface area contributed by atoms with Gasteiger partial charge in [-0.05, 0) is 24.7 Å². The van der Waals surface area contributed by atoms with E-state index in [2.05, 4.69) is 6.58 Å². The maximum absolute atomic E-state index is 12.0. The zero-order valence-electron chi connectivity index (χ0n) is 12.2. The van der Waals surface area contributed by atoms with Gasteiger partial charge in [-0.25, -0.2) is 4.79 Å². The van der Waals surface area contributed by atoms with Crippen LogP contribution >= 0.6 is 0 Å². The van der Waals surface area contributed by atoms with Crippen LogP contribution in [0.3, 0.4) is 0 Å². The van der Waals surface area contributed by atoms with Crippen molar-refractivity contribution in [3.05, 3.63) is 54.6 Å². The number of ether oxygens (including phenoxy) is 2. The van der Waals surface area contributed by atoms with Crippen LogP contribution in [-0.2, 0) is 9.53 Å². The van der Waals surface area contributed by atoms with E-state index in [-0.39, 0.29) is 5.97 Å². The molecule has 0 aliphatic carbocycles. The number of esters is 1. The fraction of sp³-hybridized carbons (Fsp3) is 0.312. The second kappa shape index (κ2) is 8.17. The minimum absolute atomic E-state index is 0.287. The van der Waals surface area contributed by atoms with Crippen LogP contribution in [0.15, 0.2) is 49.1 Å². The van der Waals surface area contributed by atoms with Gasteiger partial charge in [-0.2, -0.15) is 0 Å². The van der Waals surface area contributed by atoms with Crippen LogP contribution < -0.4 is 4.74 Å². The van der Waals surface area contributed by atoms with E-state index in [9.17, 15) is 4.79 Å². The number of rotatable bonds is 7. The molecule has 1 aromatic rings. The van der Waals surface area contributed by atoms with E-state index in [4.69, 9.17) is 9.47 Å². The first-order valence-electron chi connectivity index (χ1n) is 6.33. The van der Waals surface area contributed by atoms with E-state index in [1.807, 2.05) is 48.4 Å². The van der Waals surface area contributed by atoms with Gasteiger partial charge in [0.15, 0.2) is 0 Å². The molecule has 1 atom stereocenters. The maximum atomic E-state index is 12.0. The highest BCUT2D eigenvalue weighted by Gasteiger charge is 2.25. The summed E-state index contributed by atoms with van der Waals surface area (Å²) in [5, 5.41) is 0. The molecule has 1 aromatic carbocycles. The maximum Gasteiger partial charge on any atom is 0.327 e. The van der Waals surface area contributed by atoms with Gasteiger partial charge in [-0.15, -0.1) is 0 Å². The van der Waals surface area contributed by atoms with Crippen molar-refractivity contribution >= 4 is 5.97 Å². The van der Waals surface area contributed by atoms with Crippen molar-refractivity contribution in [1.29, 1.82) is 0 Å². The zero-order valence-corrected chi connectivity index (χ0v) is 12.2. The number of allylic oxidation sites excluding steroid dienone is 2. The first kappa shape index (κ1) is 16.0. The van der Waals surface area contributed by atoms with Gasteiger partial charge < -0.3 is 9.47 Å². The van der Waals surface area contributed by atoms with Crippen LogP contribution in [0.4, 0.5) is 0 Å². The Labute approximate surface area is 120 Å². The summed E-state index contributed by atoms with van der Waals surface area (Å²) in [6.45, 7) is 4.24.